The first-order valence-electron chi connectivity index (χ1n) is 7.76. The Morgan fingerprint density at radius 2 is 1.81 bits per heavy atom. The standard InChI is InChI=1S/C18H22N2O4S.ClH/c1-12-4-5-14(19)10-17(12)20-18(21)13(2)11-25(22,23)16-8-6-15(24-3)7-9-16;/h4-10,13H,11,19H2,1-3H3,(H,20,21);1H. The van der Waals surface area contributed by atoms with Crippen LogP contribution in [0, 0.1) is 12.8 Å². The molecule has 0 bridgehead atoms. The van der Waals surface area contributed by atoms with E-state index in [4.69, 9.17) is 10.5 Å². The van der Waals surface area contributed by atoms with Crippen LogP contribution in [-0.4, -0.2) is 27.2 Å². The van der Waals surface area contributed by atoms with Crippen molar-refractivity contribution in [3.05, 3.63) is 48.0 Å². The van der Waals surface area contributed by atoms with Crippen LogP contribution in [0.25, 0.3) is 0 Å². The molecule has 0 fully saturated rings. The summed E-state index contributed by atoms with van der Waals surface area (Å²) in [5, 5.41) is 2.74. The number of sulfone groups is 1. The fourth-order valence-electron chi connectivity index (χ4n) is 2.31. The third-order valence-corrected chi connectivity index (χ3v) is 5.78. The topological polar surface area (TPSA) is 98.5 Å². The van der Waals surface area contributed by atoms with Gasteiger partial charge in [0.15, 0.2) is 9.84 Å². The van der Waals surface area contributed by atoms with Crippen molar-refractivity contribution in [2.45, 2.75) is 18.7 Å². The zero-order chi connectivity index (χ0) is 18.6. The largest absolute Gasteiger partial charge is 0.497 e. The van der Waals surface area contributed by atoms with Gasteiger partial charge in [-0.05, 0) is 48.9 Å². The van der Waals surface area contributed by atoms with E-state index in [9.17, 15) is 13.2 Å². The van der Waals surface area contributed by atoms with E-state index < -0.39 is 15.8 Å². The number of nitrogen functional groups attached to an aromatic ring is 1. The predicted octanol–water partition coefficient (Wildman–Crippen LogP) is 3.06. The number of rotatable bonds is 6. The van der Waals surface area contributed by atoms with Gasteiger partial charge >= 0.3 is 0 Å². The van der Waals surface area contributed by atoms with E-state index in [0.717, 1.165) is 5.56 Å². The van der Waals surface area contributed by atoms with Gasteiger partial charge in [0.1, 0.15) is 5.75 Å². The van der Waals surface area contributed by atoms with Crippen molar-refractivity contribution in [2.24, 2.45) is 5.92 Å². The van der Waals surface area contributed by atoms with Crippen LogP contribution in [0.1, 0.15) is 12.5 Å². The molecule has 8 heteroatoms. The molecule has 0 radical (unpaired) electrons. The van der Waals surface area contributed by atoms with E-state index in [0.29, 0.717) is 17.1 Å². The number of carbonyl (C=O) groups excluding carboxylic acids is 1. The molecule has 0 spiro atoms. The predicted molar refractivity (Wildman–Crippen MR) is 106 cm³/mol. The second-order valence-corrected chi connectivity index (χ2v) is 7.96. The third-order valence-electron chi connectivity index (χ3n) is 3.86. The average molecular weight is 399 g/mol. The molecule has 2 aromatic rings. The van der Waals surface area contributed by atoms with Crippen molar-refractivity contribution in [3.8, 4) is 5.75 Å². The van der Waals surface area contributed by atoms with Crippen molar-refractivity contribution in [2.75, 3.05) is 23.9 Å². The van der Waals surface area contributed by atoms with Gasteiger partial charge < -0.3 is 15.8 Å². The summed E-state index contributed by atoms with van der Waals surface area (Å²) in [6, 6.07) is 11.3. The van der Waals surface area contributed by atoms with Gasteiger partial charge in [0.2, 0.25) is 5.91 Å². The molecule has 26 heavy (non-hydrogen) atoms. The van der Waals surface area contributed by atoms with Gasteiger partial charge in [0.05, 0.1) is 17.8 Å². The molecule has 142 valence electrons. The van der Waals surface area contributed by atoms with E-state index in [1.54, 1.807) is 37.3 Å². The Kier molecular flexibility index (Phi) is 7.47. The molecule has 2 aromatic carbocycles. The fourth-order valence-corrected chi connectivity index (χ4v) is 3.87. The van der Waals surface area contributed by atoms with Crippen molar-refractivity contribution >= 4 is 39.5 Å². The van der Waals surface area contributed by atoms with E-state index >= 15 is 0 Å². The summed E-state index contributed by atoms with van der Waals surface area (Å²) >= 11 is 0. The van der Waals surface area contributed by atoms with Crippen LogP contribution in [0.3, 0.4) is 0 Å². The van der Waals surface area contributed by atoms with Gasteiger partial charge in [0, 0.05) is 17.3 Å². The minimum Gasteiger partial charge on any atom is -0.497 e. The molecule has 0 saturated heterocycles. The molecule has 0 aliphatic heterocycles. The lowest BCUT2D eigenvalue weighted by Gasteiger charge is -2.14. The van der Waals surface area contributed by atoms with Crippen LogP contribution in [0.5, 0.6) is 5.75 Å². The van der Waals surface area contributed by atoms with Crippen LogP contribution in [0.2, 0.25) is 0 Å². The summed E-state index contributed by atoms with van der Waals surface area (Å²) in [6.07, 6.45) is 0. The van der Waals surface area contributed by atoms with E-state index in [-0.39, 0.29) is 29.0 Å². The van der Waals surface area contributed by atoms with Gasteiger partial charge in [-0.3, -0.25) is 4.79 Å². The molecule has 0 saturated carbocycles. The average Bonchev–Trinajstić information content (AvgIpc) is 2.57. The molecule has 1 unspecified atom stereocenters. The minimum absolute atomic E-state index is 0. The number of nitrogens with one attached hydrogen (secondary N) is 1. The van der Waals surface area contributed by atoms with Crippen LogP contribution in [0.15, 0.2) is 47.4 Å². The monoisotopic (exact) mass is 398 g/mol. The highest BCUT2D eigenvalue weighted by Crippen LogP contribution is 2.21. The van der Waals surface area contributed by atoms with Crippen LogP contribution in [-0.2, 0) is 14.6 Å². The summed E-state index contributed by atoms with van der Waals surface area (Å²) < 4.78 is 30.0. The Hall–Kier alpha value is -2.25. The number of anilines is 2. The molecule has 6 nitrogen and oxygen atoms in total. The number of nitrogens with two attached hydrogens (primary N) is 1. The number of amides is 1. The van der Waals surface area contributed by atoms with Crippen molar-refractivity contribution < 1.29 is 17.9 Å². The summed E-state index contributed by atoms with van der Waals surface area (Å²) in [6.45, 7) is 3.42. The third kappa shape index (κ3) is 5.37. The van der Waals surface area contributed by atoms with E-state index in [1.165, 1.54) is 19.2 Å². The molecule has 0 heterocycles. The normalized spacial score (nSPS) is 12.0. The second-order valence-electron chi connectivity index (χ2n) is 5.92. The summed E-state index contributed by atoms with van der Waals surface area (Å²) in [7, 11) is -2.07. The number of carbonyl (C=O) groups is 1. The van der Waals surface area contributed by atoms with Gasteiger partial charge in [-0.2, -0.15) is 0 Å². The number of aryl methyl sites for hydroxylation is 1. The number of hydrogen-bond donors (Lipinski definition) is 2. The number of ether oxygens (including phenoxy) is 1. The first-order valence-corrected chi connectivity index (χ1v) is 9.42. The Morgan fingerprint density at radius 3 is 2.38 bits per heavy atom. The molecule has 0 aromatic heterocycles. The number of halogens is 1. The summed E-state index contributed by atoms with van der Waals surface area (Å²) in [5.41, 5.74) is 7.69. The van der Waals surface area contributed by atoms with Gasteiger partial charge in [-0.25, -0.2) is 8.42 Å². The highest BCUT2D eigenvalue weighted by molar-refractivity contribution is 7.91. The second kappa shape index (κ2) is 8.91. The molecule has 0 aliphatic rings. The van der Waals surface area contributed by atoms with Crippen molar-refractivity contribution in [1.29, 1.82) is 0 Å². The Balaban J connectivity index is 0.00000338. The quantitative estimate of drug-likeness (QED) is 0.728. The van der Waals surface area contributed by atoms with Gasteiger partial charge in [0.25, 0.3) is 0 Å². The summed E-state index contributed by atoms with van der Waals surface area (Å²) in [4.78, 5) is 12.5. The summed E-state index contributed by atoms with van der Waals surface area (Å²) in [5.74, 6) is -0.799. The maximum atomic E-state index is 12.5. The molecular formula is C18H23ClN2O4S. The fraction of sp³-hybridized carbons (Fsp3) is 0.278. The number of hydrogen-bond acceptors (Lipinski definition) is 5. The molecule has 2 rings (SSSR count). The molecule has 0 aliphatic carbocycles. The zero-order valence-electron chi connectivity index (χ0n) is 14.9. The zero-order valence-corrected chi connectivity index (χ0v) is 16.5. The van der Waals surface area contributed by atoms with Gasteiger partial charge in [-0.1, -0.05) is 13.0 Å². The van der Waals surface area contributed by atoms with Gasteiger partial charge in [-0.15, -0.1) is 12.4 Å². The molecular weight excluding hydrogens is 376 g/mol. The van der Waals surface area contributed by atoms with E-state index in [2.05, 4.69) is 5.32 Å². The Bertz CT molecular complexity index is 867. The van der Waals surface area contributed by atoms with Crippen molar-refractivity contribution in [1.82, 2.24) is 0 Å². The number of benzene rings is 2. The minimum atomic E-state index is -3.58. The molecule has 3 N–H and O–H groups in total. The highest BCUT2D eigenvalue weighted by atomic mass is 35.5. The smallest absolute Gasteiger partial charge is 0.228 e. The van der Waals surface area contributed by atoms with Crippen LogP contribution in [0.4, 0.5) is 11.4 Å². The maximum absolute atomic E-state index is 12.5. The van der Waals surface area contributed by atoms with Crippen LogP contribution >= 0.6 is 12.4 Å². The lowest BCUT2D eigenvalue weighted by Crippen LogP contribution is -2.27. The lowest BCUT2D eigenvalue weighted by atomic mass is 10.1. The molecule has 1 atom stereocenters. The van der Waals surface area contributed by atoms with Crippen molar-refractivity contribution in [3.63, 3.8) is 0 Å². The van der Waals surface area contributed by atoms with E-state index in [1.807, 2.05) is 6.92 Å². The number of methoxy groups -OCH3 is 1. The first kappa shape index (κ1) is 21.8. The van der Waals surface area contributed by atoms with Crippen LogP contribution < -0.4 is 15.8 Å². The maximum Gasteiger partial charge on any atom is 0.228 e. The molecule has 1 amide bonds. The SMILES string of the molecule is COc1ccc(S(=O)(=O)CC(C)C(=O)Nc2cc(N)ccc2C)cc1.Cl. The lowest BCUT2D eigenvalue weighted by molar-refractivity contribution is -0.118. The first-order chi connectivity index (χ1) is 11.7. The Labute approximate surface area is 160 Å². The highest BCUT2D eigenvalue weighted by Gasteiger charge is 2.23. The Morgan fingerprint density at radius 1 is 1.19 bits per heavy atom.